The lowest BCUT2D eigenvalue weighted by Gasteiger charge is -2.33. The number of sulfonamides is 1. The van der Waals surface area contributed by atoms with E-state index >= 15 is 0 Å². The van der Waals surface area contributed by atoms with Crippen LogP contribution in [0.4, 0.5) is 5.69 Å². The number of aromatic nitrogens is 1. The number of carbonyl (C=O) groups is 3. The van der Waals surface area contributed by atoms with Crippen molar-refractivity contribution in [2.24, 2.45) is 0 Å². The van der Waals surface area contributed by atoms with Gasteiger partial charge in [-0.25, -0.2) is 8.42 Å². The Morgan fingerprint density at radius 3 is 2.73 bits per heavy atom. The maximum Gasteiger partial charge on any atom is 0.247 e. The predicted molar refractivity (Wildman–Crippen MR) is 155 cm³/mol. The molecule has 2 atom stereocenters. The van der Waals surface area contributed by atoms with Gasteiger partial charge in [0, 0.05) is 28.8 Å². The van der Waals surface area contributed by atoms with E-state index in [0.717, 1.165) is 16.3 Å². The third-order valence-corrected chi connectivity index (χ3v) is 9.21. The van der Waals surface area contributed by atoms with Gasteiger partial charge in [0.05, 0.1) is 28.3 Å². The Morgan fingerprint density at radius 2 is 1.93 bits per heavy atom. The van der Waals surface area contributed by atoms with Crippen LogP contribution in [-0.4, -0.2) is 72.6 Å². The fraction of sp³-hybridized carbons (Fsp3) is 0.333. The number of amides is 3. The van der Waals surface area contributed by atoms with Gasteiger partial charge in [0.15, 0.2) is 0 Å². The fourth-order valence-corrected chi connectivity index (χ4v) is 7.04. The highest BCUT2D eigenvalue weighted by Crippen LogP contribution is 2.24. The summed E-state index contributed by atoms with van der Waals surface area (Å²) in [6.07, 6.45) is 5.04. The number of hydrogen-bond donors (Lipinski definition) is 2. The van der Waals surface area contributed by atoms with Crippen LogP contribution in [0, 0.1) is 0 Å². The van der Waals surface area contributed by atoms with Crippen LogP contribution in [-0.2, 0) is 24.4 Å². The Labute approximate surface area is 241 Å². The topological polar surface area (TPSA) is 129 Å². The minimum Gasteiger partial charge on any atom is -0.332 e. The molecule has 1 aromatic carbocycles. The van der Waals surface area contributed by atoms with E-state index in [2.05, 4.69) is 15.0 Å². The summed E-state index contributed by atoms with van der Waals surface area (Å²) in [6.45, 7) is 0.518. The molecule has 0 radical (unpaired) electrons. The van der Waals surface area contributed by atoms with Gasteiger partial charge in [0.25, 0.3) is 0 Å². The van der Waals surface area contributed by atoms with Crippen LogP contribution >= 0.6 is 22.9 Å². The number of para-hydroxylation sites is 1. The molecule has 10 nitrogen and oxygen atoms in total. The molecule has 4 heterocycles. The third kappa shape index (κ3) is 6.69. The molecule has 2 unspecified atom stereocenters. The molecule has 5 rings (SSSR count). The molecule has 2 aliphatic heterocycles. The number of anilines is 1. The van der Waals surface area contributed by atoms with Gasteiger partial charge >= 0.3 is 0 Å². The number of halogens is 1. The molecule has 2 aromatic heterocycles. The summed E-state index contributed by atoms with van der Waals surface area (Å²) in [6, 6.07) is 11.1. The van der Waals surface area contributed by atoms with Gasteiger partial charge in [-0.1, -0.05) is 29.8 Å². The first-order valence-corrected chi connectivity index (χ1v) is 15.6. The van der Waals surface area contributed by atoms with E-state index in [4.69, 9.17) is 11.6 Å². The highest BCUT2D eigenvalue weighted by atomic mass is 35.5. The first-order chi connectivity index (χ1) is 19.2. The number of rotatable bonds is 8. The van der Waals surface area contributed by atoms with Crippen molar-refractivity contribution in [1.82, 2.24) is 19.5 Å². The molecule has 2 aliphatic rings. The largest absolute Gasteiger partial charge is 0.332 e. The smallest absolute Gasteiger partial charge is 0.247 e. The number of hydrogen-bond acceptors (Lipinski definition) is 7. The average Bonchev–Trinajstić information content (AvgIpc) is 3.59. The van der Waals surface area contributed by atoms with Crippen LogP contribution in [0.15, 0.2) is 54.1 Å². The van der Waals surface area contributed by atoms with E-state index < -0.39 is 28.0 Å². The van der Waals surface area contributed by atoms with Crippen molar-refractivity contribution in [2.75, 3.05) is 25.0 Å². The SMILES string of the molecule is O=C(Nc1cnc2ccccc2c1)C1CCCN1C(=O)CN1CCCC(NS(=O)(=O)/C=C/c2ccc(Cl)s2)C1=O. The maximum atomic E-state index is 13.2. The zero-order valence-electron chi connectivity index (χ0n) is 21.5. The van der Waals surface area contributed by atoms with E-state index in [1.54, 1.807) is 18.3 Å². The standard InChI is InChI=1S/C27H28ClN5O5S2/c28-24-10-9-20(39-24)11-14-40(37,38)31-22-7-3-12-32(27(22)36)17-25(34)33-13-4-8-23(33)26(35)30-19-15-18-5-1-2-6-21(18)29-16-19/h1-2,5-6,9-11,14-16,22-23,31H,3-4,7-8,12-13,17H2,(H,30,35)/b14-11+. The number of nitrogens with one attached hydrogen (secondary N) is 2. The zero-order valence-corrected chi connectivity index (χ0v) is 23.8. The molecule has 40 heavy (non-hydrogen) atoms. The average molecular weight is 602 g/mol. The molecule has 3 aromatic rings. The summed E-state index contributed by atoms with van der Waals surface area (Å²) >= 11 is 7.12. The molecule has 0 aliphatic carbocycles. The van der Waals surface area contributed by atoms with Gasteiger partial charge in [-0.3, -0.25) is 19.4 Å². The fourth-order valence-electron chi connectivity index (χ4n) is 4.98. The Bertz CT molecular complexity index is 1570. The Kier molecular flexibility index (Phi) is 8.50. The Balaban J connectivity index is 1.19. The number of fused-ring (bicyclic) bond motifs is 1. The minimum atomic E-state index is -3.90. The molecule has 0 spiro atoms. The second-order valence-electron chi connectivity index (χ2n) is 9.71. The Hall–Kier alpha value is -3.32. The highest BCUT2D eigenvalue weighted by molar-refractivity contribution is 7.92. The molecule has 13 heteroatoms. The lowest BCUT2D eigenvalue weighted by atomic mass is 10.1. The van der Waals surface area contributed by atoms with Gasteiger partial charge in [-0.05, 0) is 56.0 Å². The molecular formula is C27H28ClN5O5S2. The normalized spacial score (nSPS) is 20.0. The summed E-state index contributed by atoms with van der Waals surface area (Å²) in [5, 5.41) is 4.76. The van der Waals surface area contributed by atoms with Gasteiger partial charge in [0.2, 0.25) is 27.7 Å². The van der Waals surface area contributed by atoms with Crippen molar-refractivity contribution in [3.8, 4) is 0 Å². The predicted octanol–water partition coefficient (Wildman–Crippen LogP) is 3.46. The van der Waals surface area contributed by atoms with Gasteiger partial charge < -0.3 is 15.1 Å². The van der Waals surface area contributed by atoms with E-state index in [9.17, 15) is 22.8 Å². The molecule has 2 saturated heterocycles. The van der Waals surface area contributed by atoms with Gasteiger partial charge in [-0.2, -0.15) is 4.72 Å². The number of pyridine rings is 1. The molecule has 210 valence electrons. The second kappa shape index (κ2) is 12.0. The van der Waals surface area contributed by atoms with Crippen molar-refractivity contribution in [1.29, 1.82) is 0 Å². The highest BCUT2D eigenvalue weighted by Gasteiger charge is 2.37. The monoisotopic (exact) mass is 601 g/mol. The number of likely N-dealkylation sites (tertiary alicyclic amines) is 2. The number of carbonyl (C=O) groups excluding carboxylic acids is 3. The number of benzene rings is 1. The lowest BCUT2D eigenvalue weighted by molar-refractivity contribution is -0.144. The number of piperidine rings is 1. The summed E-state index contributed by atoms with van der Waals surface area (Å²) in [7, 11) is -3.90. The molecule has 0 saturated carbocycles. The summed E-state index contributed by atoms with van der Waals surface area (Å²) in [4.78, 5) is 47.3. The van der Waals surface area contributed by atoms with E-state index in [-0.39, 0.29) is 18.4 Å². The summed E-state index contributed by atoms with van der Waals surface area (Å²) in [5.41, 5.74) is 1.36. The van der Waals surface area contributed by atoms with Crippen LogP contribution in [0.3, 0.4) is 0 Å². The van der Waals surface area contributed by atoms with Gasteiger partial charge in [0.1, 0.15) is 12.1 Å². The quantitative estimate of drug-likeness (QED) is 0.407. The molecule has 2 fully saturated rings. The molecule has 2 N–H and O–H groups in total. The zero-order chi connectivity index (χ0) is 28.3. The van der Waals surface area contributed by atoms with Crippen molar-refractivity contribution < 1.29 is 22.8 Å². The lowest BCUT2D eigenvalue weighted by Crippen LogP contribution is -2.55. The van der Waals surface area contributed by atoms with Crippen LogP contribution in [0.2, 0.25) is 4.34 Å². The molecule has 3 amide bonds. The van der Waals surface area contributed by atoms with Crippen LogP contribution in [0.1, 0.15) is 30.6 Å². The van der Waals surface area contributed by atoms with Crippen LogP contribution < -0.4 is 10.0 Å². The minimum absolute atomic E-state index is 0.220. The Morgan fingerprint density at radius 1 is 1.12 bits per heavy atom. The first-order valence-electron chi connectivity index (χ1n) is 12.9. The molecule has 0 bridgehead atoms. The first kappa shape index (κ1) is 28.2. The van der Waals surface area contributed by atoms with E-state index in [1.165, 1.54) is 27.2 Å². The third-order valence-electron chi connectivity index (χ3n) is 6.90. The van der Waals surface area contributed by atoms with Crippen LogP contribution in [0.25, 0.3) is 17.0 Å². The molecular weight excluding hydrogens is 574 g/mol. The second-order valence-corrected chi connectivity index (χ2v) is 13.1. The van der Waals surface area contributed by atoms with Crippen molar-refractivity contribution in [3.63, 3.8) is 0 Å². The number of thiophene rings is 1. The van der Waals surface area contributed by atoms with Gasteiger partial charge in [-0.15, -0.1) is 11.3 Å². The summed E-state index contributed by atoms with van der Waals surface area (Å²) in [5.74, 6) is -1.11. The van der Waals surface area contributed by atoms with E-state index in [1.807, 2.05) is 30.3 Å². The van der Waals surface area contributed by atoms with Crippen LogP contribution in [0.5, 0.6) is 0 Å². The van der Waals surface area contributed by atoms with E-state index in [0.29, 0.717) is 53.7 Å². The number of nitrogens with zero attached hydrogens (tertiary/aromatic N) is 3. The summed E-state index contributed by atoms with van der Waals surface area (Å²) < 4.78 is 28.1. The maximum absolute atomic E-state index is 13.2. The van der Waals surface area contributed by atoms with Crippen molar-refractivity contribution in [3.05, 3.63) is 63.3 Å². The van der Waals surface area contributed by atoms with Crippen molar-refractivity contribution in [2.45, 2.75) is 37.8 Å². The van der Waals surface area contributed by atoms with Crippen molar-refractivity contribution >= 4 is 73.3 Å².